The molecule has 0 saturated heterocycles. The molecular weight excluding hydrogens is 338 g/mol. The van der Waals surface area contributed by atoms with E-state index >= 15 is 0 Å². The van der Waals surface area contributed by atoms with Crippen LogP contribution >= 0.6 is 27.5 Å². The molecule has 104 valence electrons. The lowest BCUT2D eigenvalue weighted by atomic mass is 10.2. The third kappa shape index (κ3) is 3.30. The molecule has 0 atom stereocenters. The summed E-state index contributed by atoms with van der Waals surface area (Å²) >= 11 is 9.55. The van der Waals surface area contributed by atoms with Gasteiger partial charge in [-0.2, -0.15) is 0 Å². The maximum Gasteiger partial charge on any atom is 0.135 e. The number of nitrogens with zero attached hydrogens (tertiary/aromatic N) is 3. The van der Waals surface area contributed by atoms with Gasteiger partial charge >= 0.3 is 0 Å². The van der Waals surface area contributed by atoms with Crippen LogP contribution in [0.25, 0.3) is 0 Å². The van der Waals surface area contributed by atoms with E-state index in [-0.39, 0.29) is 0 Å². The number of hydrogen-bond acceptors (Lipinski definition) is 3. The molecular formula is C15H15BrClN3. The Labute approximate surface area is 132 Å². The minimum Gasteiger partial charge on any atom is -0.355 e. The Morgan fingerprint density at radius 3 is 2.60 bits per heavy atom. The first-order valence-electron chi connectivity index (χ1n) is 6.62. The molecule has 0 unspecified atom stereocenters. The van der Waals surface area contributed by atoms with Crippen molar-refractivity contribution in [3.8, 4) is 0 Å². The van der Waals surface area contributed by atoms with Crippen molar-refractivity contribution >= 4 is 33.3 Å². The van der Waals surface area contributed by atoms with Gasteiger partial charge in [-0.1, -0.05) is 39.7 Å². The summed E-state index contributed by atoms with van der Waals surface area (Å²) in [5.41, 5.74) is 1.23. The average Bonchev–Trinajstić information content (AvgIpc) is 3.25. The van der Waals surface area contributed by atoms with Crippen LogP contribution in [0.2, 0.25) is 5.15 Å². The first-order chi connectivity index (χ1) is 9.61. The number of rotatable bonds is 4. The molecule has 1 aliphatic rings. The molecule has 0 spiro atoms. The van der Waals surface area contributed by atoms with Crippen LogP contribution in [0.3, 0.4) is 0 Å². The summed E-state index contributed by atoms with van der Waals surface area (Å²) < 4.78 is 1.09. The van der Waals surface area contributed by atoms with Gasteiger partial charge in [0.1, 0.15) is 16.8 Å². The molecule has 0 aliphatic heterocycles. The second-order valence-electron chi connectivity index (χ2n) is 5.16. The van der Waals surface area contributed by atoms with Crippen LogP contribution in [0.5, 0.6) is 0 Å². The predicted octanol–water partition coefficient (Wildman–Crippen LogP) is 4.41. The van der Waals surface area contributed by atoms with Crippen LogP contribution in [-0.2, 0) is 6.54 Å². The fourth-order valence-corrected chi connectivity index (χ4v) is 2.54. The zero-order valence-electron chi connectivity index (χ0n) is 11.2. The largest absolute Gasteiger partial charge is 0.355 e. The van der Waals surface area contributed by atoms with E-state index in [1.54, 1.807) is 0 Å². The zero-order valence-corrected chi connectivity index (χ0v) is 13.5. The van der Waals surface area contributed by atoms with E-state index < -0.39 is 0 Å². The van der Waals surface area contributed by atoms with Gasteiger partial charge in [0.25, 0.3) is 0 Å². The fourth-order valence-electron chi connectivity index (χ4n) is 2.09. The van der Waals surface area contributed by atoms with Gasteiger partial charge < -0.3 is 4.90 Å². The highest BCUT2D eigenvalue weighted by molar-refractivity contribution is 9.10. The lowest BCUT2D eigenvalue weighted by molar-refractivity contribution is 0.854. The summed E-state index contributed by atoms with van der Waals surface area (Å²) in [5.74, 6) is 2.28. The van der Waals surface area contributed by atoms with Gasteiger partial charge in [0.15, 0.2) is 0 Å². The molecule has 1 saturated carbocycles. The van der Waals surface area contributed by atoms with Crippen LogP contribution < -0.4 is 4.90 Å². The summed E-state index contributed by atoms with van der Waals surface area (Å²) in [4.78, 5) is 11.0. The Hall–Kier alpha value is -1.13. The summed E-state index contributed by atoms with van der Waals surface area (Å²) in [6.45, 7) is 0.796. The van der Waals surface area contributed by atoms with Crippen LogP contribution in [0.4, 0.5) is 5.82 Å². The molecule has 1 fully saturated rings. The highest BCUT2D eigenvalue weighted by atomic mass is 79.9. The maximum atomic E-state index is 6.11. The topological polar surface area (TPSA) is 29.0 Å². The smallest absolute Gasteiger partial charge is 0.135 e. The van der Waals surface area contributed by atoms with E-state index in [4.69, 9.17) is 11.6 Å². The summed E-state index contributed by atoms with van der Waals surface area (Å²) in [5, 5.41) is 0.527. The lowest BCUT2D eigenvalue weighted by Gasteiger charge is -2.19. The molecule has 0 radical (unpaired) electrons. The number of halogens is 2. The first kappa shape index (κ1) is 13.8. The Morgan fingerprint density at radius 2 is 1.95 bits per heavy atom. The first-order valence-corrected chi connectivity index (χ1v) is 7.79. The van der Waals surface area contributed by atoms with E-state index in [1.807, 2.05) is 25.2 Å². The Balaban J connectivity index is 1.79. The molecule has 1 aromatic carbocycles. The molecule has 0 bridgehead atoms. The molecule has 2 aromatic rings. The normalized spacial score (nSPS) is 14.3. The Morgan fingerprint density at radius 1 is 1.25 bits per heavy atom. The third-order valence-electron chi connectivity index (χ3n) is 3.37. The number of benzene rings is 1. The highest BCUT2D eigenvalue weighted by Gasteiger charge is 2.27. The van der Waals surface area contributed by atoms with E-state index in [0.29, 0.717) is 11.1 Å². The van der Waals surface area contributed by atoms with Gasteiger partial charge in [-0.25, -0.2) is 9.97 Å². The van der Waals surface area contributed by atoms with Gasteiger partial charge in [0.2, 0.25) is 0 Å². The van der Waals surface area contributed by atoms with E-state index in [2.05, 4.69) is 42.9 Å². The van der Waals surface area contributed by atoms with Crippen molar-refractivity contribution < 1.29 is 0 Å². The fraction of sp³-hybridized carbons (Fsp3) is 0.333. The quantitative estimate of drug-likeness (QED) is 0.763. The van der Waals surface area contributed by atoms with Gasteiger partial charge in [0, 0.05) is 30.0 Å². The predicted molar refractivity (Wildman–Crippen MR) is 85.3 cm³/mol. The molecule has 1 aliphatic carbocycles. The van der Waals surface area contributed by atoms with E-state index in [0.717, 1.165) is 22.7 Å². The minimum atomic E-state index is 0.508. The van der Waals surface area contributed by atoms with Gasteiger partial charge in [-0.15, -0.1) is 0 Å². The zero-order chi connectivity index (χ0) is 14.1. The molecule has 5 heteroatoms. The maximum absolute atomic E-state index is 6.11. The average molecular weight is 353 g/mol. The second kappa shape index (κ2) is 5.70. The van der Waals surface area contributed by atoms with Crippen molar-refractivity contribution in [1.29, 1.82) is 0 Å². The van der Waals surface area contributed by atoms with Gasteiger partial charge in [-0.3, -0.25) is 0 Å². The van der Waals surface area contributed by atoms with Crippen molar-refractivity contribution in [3.63, 3.8) is 0 Å². The molecule has 1 aromatic heterocycles. The number of anilines is 1. The van der Waals surface area contributed by atoms with Crippen molar-refractivity contribution in [2.75, 3.05) is 11.9 Å². The van der Waals surface area contributed by atoms with Gasteiger partial charge in [-0.05, 0) is 30.5 Å². The van der Waals surface area contributed by atoms with Crippen molar-refractivity contribution in [2.24, 2.45) is 0 Å². The van der Waals surface area contributed by atoms with Crippen LogP contribution in [-0.4, -0.2) is 17.0 Å². The molecule has 1 heterocycles. The SMILES string of the molecule is CN(Cc1ccc(Br)cc1)c1cc(Cl)nc(C2CC2)n1. The Bertz CT molecular complexity index is 611. The minimum absolute atomic E-state index is 0.508. The number of hydrogen-bond donors (Lipinski definition) is 0. The Kier molecular flexibility index (Phi) is 3.94. The molecule has 0 amide bonds. The molecule has 3 nitrogen and oxygen atoms in total. The summed E-state index contributed by atoms with van der Waals surface area (Å²) in [6, 6.07) is 10.1. The van der Waals surface area contributed by atoms with Crippen molar-refractivity contribution in [2.45, 2.75) is 25.3 Å². The monoisotopic (exact) mass is 351 g/mol. The van der Waals surface area contributed by atoms with Crippen LogP contribution in [0.15, 0.2) is 34.8 Å². The standard InChI is InChI=1S/C15H15BrClN3/c1-20(9-10-2-6-12(16)7-3-10)14-8-13(17)18-15(19-14)11-4-5-11/h2-3,6-8,11H,4-5,9H2,1H3. The van der Waals surface area contributed by atoms with Crippen molar-refractivity contribution in [3.05, 3.63) is 51.3 Å². The van der Waals surface area contributed by atoms with Crippen LogP contribution in [0.1, 0.15) is 30.1 Å². The molecule has 3 rings (SSSR count). The molecule has 0 N–H and O–H groups in total. The van der Waals surface area contributed by atoms with E-state index in [9.17, 15) is 0 Å². The molecule has 20 heavy (non-hydrogen) atoms. The highest BCUT2D eigenvalue weighted by Crippen LogP contribution is 2.39. The number of aromatic nitrogens is 2. The van der Waals surface area contributed by atoms with Crippen LogP contribution in [0, 0.1) is 0 Å². The lowest BCUT2D eigenvalue weighted by Crippen LogP contribution is -2.18. The second-order valence-corrected chi connectivity index (χ2v) is 6.47. The summed E-state index contributed by atoms with van der Waals surface area (Å²) in [7, 11) is 2.03. The van der Waals surface area contributed by atoms with Crippen molar-refractivity contribution in [1.82, 2.24) is 9.97 Å². The summed E-state index contributed by atoms with van der Waals surface area (Å²) in [6.07, 6.45) is 2.35. The third-order valence-corrected chi connectivity index (χ3v) is 4.09. The van der Waals surface area contributed by atoms with Gasteiger partial charge in [0.05, 0.1) is 0 Å². The van der Waals surface area contributed by atoms with E-state index in [1.165, 1.54) is 18.4 Å².